The van der Waals surface area contributed by atoms with Crippen molar-refractivity contribution in [3.8, 4) is 0 Å². The quantitative estimate of drug-likeness (QED) is 0.841. The Bertz CT molecular complexity index is 812. The molecule has 2 atom stereocenters. The SMILES string of the molecule is CC1=C(c2ccccc2)C2C(=O)N=C(c3ccccn3)CC2S1. The van der Waals surface area contributed by atoms with Gasteiger partial charge in [-0.05, 0) is 35.1 Å². The van der Waals surface area contributed by atoms with Gasteiger partial charge in [-0.1, -0.05) is 36.4 Å². The zero-order valence-electron chi connectivity index (χ0n) is 12.8. The van der Waals surface area contributed by atoms with Gasteiger partial charge in [0.1, 0.15) is 0 Å². The smallest absolute Gasteiger partial charge is 0.254 e. The number of allylic oxidation sites excluding steroid dienone is 1. The van der Waals surface area contributed by atoms with Crippen molar-refractivity contribution < 1.29 is 4.79 Å². The summed E-state index contributed by atoms with van der Waals surface area (Å²) in [7, 11) is 0. The number of amides is 1. The fourth-order valence-electron chi connectivity index (χ4n) is 3.34. The average molecular weight is 320 g/mol. The van der Waals surface area contributed by atoms with Crippen molar-refractivity contribution in [2.75, 3.05) is 0 Å². The van der Waals surface area contributed by atoms with Gasteiger partial charge in [0, 0.05) is 17.9 Å². The van der Waals surface area contributed by atoms with E-state index in [0.29, 0.717) is 0 Å². The molecule has 0 N–H and O–H groups in total. The lowest BCUT2D eigenvalue weighted by Gasteiger charge is -2.24. The number of pyridine rings is 1. The van der Waals surface area contributed by atoms with E-state index in [1.165, 1.54) is 4.91 Å². The van der Waals surface area contributed by atoms with Crippen LogP contribution in [0.5, 0.6) is 0 Å². The Hall–Kier alpha value is -2.20. The number of rotatable bonds is 2. The average Bonchev–Trinajstić information content (AvgIpc) is 2.93. The van der Waals surface area contributed by atoms with Crippen LogP contribution in [0.2, 0.25) is 0 Å². The summed E-state index contributed by atoms with van der Waals surface area (Å²) in [6, 6.07) is 15.9. The molecule has 2 aliphatic rings. The Morgan fingerprint density at radius 3 is 2.61 bits per heavy atom. The highest BCUT2D eigenvalue weighted by Gasteiger charge is 2.43. The van der Waals surface area contributed by atoms with Gasteiger partial charge in [0.15, 0.2) is 0 Å². The van der Waals surface area contributed by atoms with Crippen LogP contribution < -0.4 is 0 Å². The van der Waals surface area contributed by atoms with Gasteiger partial charge in [0.2, 0.25) is 0 Å². The number of hydrogen-bond donors (Lipinski definition) is 0. The predicted molar refractivity (Wildman–Crippen MR) is 94.3 cm³/mol. The minimum absolute atomic E-state index is 0.0369. The van der Waals surface area contributed by atoms with Gasteiger partial charge in [-0.2, -0.15) is 0 Å². The predicted octanol–water partition coefficient (Wildman–Crippen LogP) is 3.96. The van der Waals surface area contributed by atoms with E-state index in [1.807, 2.05) is 36.4 Å². The van der Waals surface area contributed by atoms with Gasteiger partial charge in [-0.15, -0.1) is 11.8 Å². The molecule has 0 fully saturated rings. The second kappa shape index (κ2) is 5.78. The molecule has 23 heavy (non-hydrogen) atoms. The number of hydrogen-bond acceptors (Lipinski definition) is 3. The molecule has 4 heteroatoms. The summed E-state index contributed by atoms with van der Waals surface area (Å²) in [5.74, 6) is -0.167. The summed E-state index contributed by atoms with van der Waals surface area (Å²) in [6.45, 7) is 2.11. The fraction of sp³-hybridized carbons (Fsp3) is 0.211. The minimum Gasteiger partial charge on any atom is -0.272 e. The Morgan fingerprint density at radius 2 is 1.87 bits per heavy atom. The third kappa shape index (κ3) is 2.53. The molecule has 3 nitrogen and oxygen atoms in total. The van der Waals surface area contributed by atoms with Crippen molar-refractivity contribution >= 4 is 29.0 Å². The summed E-state index contributed by atoms with van der Waals surface area (Å²) in [5, 5.41) is 0.229. The molecule has 0 bridgehead atoms. The van der Waals surface area contributed by atoms with Gasteiger partial charge in [-0.3, -0.25) is 9.78 Å². The third-order valence-electron chi connectivity index (χ3n) is 4.34. The van der Waals surface area contributed by atoms with Crippen LogP contribution in [-0.4, -0.2) is 21.9 Å². The molecule has 1 aromatic carbocycles. The van der Waals surface area contributed by atoms with Crippen LogP contribution >= 0.6 is 11.8 Å². The number of thioether (sulfide) groups is 1. The number of aromatic nitrogens is 1. The first-order valence-electron chi connectivity index (χ1n) is 7.69. The van der Waals surface area contributed by atoms with Crippen molar-refractivity contribution in [2.24, 2.45) is 10.9 Å². The van der Waals surface area contributed by atoms with Gasteiger partial charge in [0.05, 0.1) is 17.3 Å². The Kier molecular flexibility index (Phi) is 3.62. The molecule has 0 aliphatic carbocycles. The zero-order valence-corrected chi connectivity index (χ0v) is 13.6. The highest BCUT2D eigenvalue weighted by molar-refractivity contribution is 8.04. The zero-order chi connectivity index (χ0) is 15.8. The topological polar surface area (TPSA) is 42.3 Å². The van der Waals surface area contributed by atoms with Gasteiger partial charge in [0.25, 0.3) is 5.91 Å². The molecule has 2 unspecified atom stereocenters. The molecule has 2 aliphatic heterocycles. The molecular formula is C19H16N2OS. The first-order valence-corrected chi connectivity index (χ1v) is 8.57. The lowest BCUT2D eigenvalue weighted by molar-refractivity contribution is -0.120. The first-order chi connectivity index (χ1) is 11.2. The second-order valence-corrected chi connectivity index (χ2v) is 7.24. The van der Waals surface area contributed by atoms with E-state index in [4.69, 9.17) is 0 Å². The van der Waals surface area contributed by atoms with Crippen LogP contribution in [0.4, 0.5) is 0 Å². The molecule has 0 radical (unpaired) electrons. The van der Waals surface area contributed by atoms with E-state index in [1.54, 1.807) is 18.0 Å². The fourth-order valence-corrected chi connectivity index (χ4v) is 4.80. The molecule has 3 heterocycles. The number of fused-ring (bicyclic) bond motifs is 1. The van der Waals surface area contributed by atoms with Crippen LogP contribution in [0, 0.1) is 5.92 Å². The molecule has 1 amide bonds. The molecule has 0 saturated heterocycles. The van der Waals surface area contributed by atoms with Crippen LogP contribution in [-0.2, 0) is 4.79 Å². The molecule has 4 rings (SSSR count). The summed E-state index contributed by atoms with van der Waals surface area (Å²) >= 11 is 1.80. The number of benzene rings is 1. The summed E-state index contributed by atoms with van der Waals surface area (Å²) in [6.07, 6.45) is 2.53. The standard InChI is InChI=1S/C19H16N2OS/c1-12-17(13-7-3-2-4-8-13)18-16(23-12)11-15(21-19(18)22)14-9-5-6-10-20-14/h2-10,16,18H,11H2,1H3. The molecule has 0 saturated carbocycles. The number of carbonyl (C=O) groups is 1. The Labute approximate surface area is 139 Å². The van der Waals surface area contributed by atoms with Gasteiger partial charge < -0.3 is 0 Å². The molecule has 1 aromatic heterocycles. The van der Waals surface area contributed by atoms with E-state index < -0.39 is 0 Å². The maximum absolute atomic E-state index is 12.7. The number of aliphatic imine (C=N–C) groups is 1. The van der Waals surface area contributed by atoms with E-state index in [2.05, 4.69) is 29.0 Å². The van der Waals surface area contributed by atoms with E-state index in [0.717, 1.165) is 29.0 Å². The normalized spacial score (nSPS) is 23.7. The highest BCUT2D eigenvalue weighted by atomic mass is 32.2. The van der Waals surface area contributed by atoms with E-state index in [9.17, 15) is 4.79 Å². The Morgan fingerprint density at radius 1 is 1.09 bits per heavy atom. The largest absolute Gasteiger partial charge is 0.272 e. The maximum Gasteiger partial charge on any atom is 0.254 e. The molecule has 2 aromatic rings. The molecule has 114 valence electrons. The second-order valence-electron chi connectivity index (χ2n) is 5.79. The lowest BCUT2D eigenvalue weighted by atomic mass is 9.85. The van der Waals surface area contributed by atoms with Crippen LogP contribution in [0.1, 0.15) is 24.6 Å². The van der Waals surface area contributed by atoms with Crippen molar-refractivity contribution in [1.82, 2.24) is 4.98 Å². The Balaban J connectivity index is 1.71. The monoisotopic (exact) mass is 320 g/mol. The summed E-state index contributed by atoms with van der Waals surface area (Å²) in [5.41, 5.74) is 3.90. The van der Waals surface area contributed by atoms with Crippen molar-refractivity contribution in [3.05, 3.63) is 70.9 Å². The van der Waals surface area contributed by atoms with Gasteiger partial charge in [-0.25, -0.2) is 4.99 Å². The molecular weight excluding hydrogens is 304 g/mol. The lowest BCUT2D eigenvalue weighted by Crippen LogP contribution is -2.31. The first kappa shape index (κ1) is 14.4. The third-order valence-corrected chi connectivity index (χ3v) is 5.66. The molecule has 0 spiro atoms. The van der Waals surface area contributed by atoms with Gasteiger partial charge >= 0.3 is 0 Å². The van der Waals surface area contributed by atoms with Crippen LogP contribution in [0.15, 0.2) is 64.6 Å². The van der Waals surface area contributed by atoms with Crippen molar-refractivity contribution in [2.45, 2.75) is 18.6 Å². The number of nitrogens with zero attached hydrogens (tertiary/aromatic N) is 2. The van der Waals surface area contributed by atoms with E-state index >= 15 is 0 Å². The van der Waals surface area contributed by atoms with Crippen LogP contribution in [0.25, 0.3) is 5.57 Å². The van der Waals surface area contributed by atoms with Crippen molar-refractivity contribution in [1.29, 1.82) is 0 Å². The maximum atomic E-state index is 12.7. The number of carbonyl (C=O) groups excluding carboxylic acids is 1. The summed E-state index contributed by atoms with van der Waals surface area (Å²) in [4.78, 5) is 22.7. The van der Waals surface area contributed by atoms with Crippen LogP contribution in [0.3, 0.4) is 0 Å². The van der Waals surface area contributed by atoms with E-state index in [-0.39, 0.29) is 17.1 Å². The minimum atomic E-state index is -0.130. The van der Waals surface area contributed by atoms with Crippen molar-refractivity contribution in [3.63, 3.8) is 0 Å². The summed E-state index contributed by atoms with van der Waals surface area (Å²) < 4.78 is 0. The highest BCUT2D eigenvalue weighted by Crippen LogP contribution is 2.50.